The molecule has 0 aliphatic carbocycles. The average molecular weight is 655 g/mol. The summed E-state index contributed by atoms with van der Waals surface area (Å²) in [5.74, 6) is -2.27. The zero-order valence-electron chi connectivity index (χ0n) is 23.2. The molecule has 2 aromatic rings. The molecule has 0 spiro atoms. The summed E-state index contributed by atoms with van der Waals surface area (Å²) < 4.78 is 123. The van der Waals surface area contributed by atoms with E-state index in [0.717, 1.165) is 28.6 Å². The van der Waals surface area contributed by atoms with Crippen LogP contribution in [0.4, 0.5) is 36.4 Å². The summed E-state index contributed by atoms with van der Waals surface area (Å²) >= 11 is 0. The number of benzene rings is 2. The lowest BCUT2D eigenvalue weighted by Gasteiger charge is -2.39. The summed E-state index contributed by atoms with van der Waals surface area (Å²) in [7, 11) is -4.64. The lowest BCUT2D eigenvalue weighted by molar-refractivity contribution is -0.376. The fourth-order valence-corrected chi connectivity index (χ4v) is 7.57. The van der Waals surface area contributed by atoms with E-state index in [4.69, 9.17) is 0 Å². The molecule has 4 rings (SSSR count). The number of nitrogens with zero attached hydrogens (tertiary/aromatic N) is 2. The molecule has 0 saturated carbocycles. The van der Waals surface area contributed by atoms with E-state index < -0.39 is 74.3 Å². The molecule has 2 heterocycles. The molecular weight excluding hydrogens is 625 g/mol. The van der Waals surface area contributed by atoms with E-state index >= 15 is 0 Å². The van der Waals surface area contributed by atoms with Gasteiger partial charge in [-0.1, -0.05) is 12.1 Å². The Morgan fingerprint density at radius 3 is 2.07 bits per heavy atom. The normalized spacial score (nSPS) is 21.4. The number of halogens is 7. The third-order valence-electron chi connectivity index (χ3n) is 8.21. The summed E-state index contributed by atoms with van der Waals surface area (Å²) in [6, 6.07) is 3.93. The van der Waals surface area contributed by atoms with Crippen molar-refractivity contribution in [3.8, 4) is 0 Å². The first kappa shape index (κ1) is 33.6. The second-order valence-electron chi connectivity index (χ2n) is 11.1. The van der Waals surface area contributed by atoms with Crippen molar-refractivity contribution in [1.82, 2.24) is 4.90 Å². The third kappa shape index (κ3) is 6.15. The number of ketones is 1. The first-order valence-electron chi connectivity index (χ1n) is 13.5. The van der Waals surface area contributed by atoms with Gasteiger partial charge in [0.05, 0.1) is 16.6 Å². The van der Waals surface area contributed by atoms with Gasteiger partial charge in [0.25, 0.3) is 15.6 Å². The Hall–Kier alpha value is -3.24. The highest BCUT2D eigenvalue weighted by Crippen LogP contribution is 2.51. The molecule has 8 nitrogen and oxygen atoms in total. The molecule has 2 aromatic carbocycles. The number of carbonyl (C=O) groups excluding carboxylic acids is 2. The number of amides is 1. The van der Waals surface area contributed by atoms with Crippen LogP contribution in [0.15, 0.2) is 47.4 Å². The van der Waals surface area contributed by atoms with Crippen LogP contribution in [0, 0.1) is 17.7 Å². The lowest BCUT2D eigenvalue weighted by atomic mass is 9.86. The number of likely N-dealkylation sites (tertiary alicyclic amines) is 1. The molecule has 44 heavy (non-hydrogen) atoms. The second-order valence-corrected chi connectivity index (χ2v) is 12.9. The number of carbonyl (C=O) groups is 2. The number of aliphatic hydroxyl groups is 2. The maximum Gasteiger partial charge on any atom is 0.430 e. The molecule has 0 radical (unpaired) electrons. The van der Waals surface area contributed by atoms with Crippen LogP contribution in [-0.2, 0) is 31.6 Å². The molecule has 1 amide bonds. The minimum absolute atomic E-state index is 0.119. The van der Waals surface area contributed by atoms with Crippen molar-refractivity contribution in [2.24, 2.45) is 11.8 Å². The van der Waals surface area contributed by atoms with Crippen molar-refractivity contribution in [2.45, 2.75) is 61.5 Å². The SMILES string of the molecule is CC(=O)N1C[C@@H](CO)[C@H](CC(=O)C[C@@H]2CCc3cc(C(O)(C(F)(F)F)C(F)(F)F)ccc3N2S(=O)(=O)c2ccc(F)cc2)C1. The second kappa shape index (κ2) is 11.9. The Morgan fingerprint density at radius 1 is 0.932 bits per heavy atom. The van der Waals surface area contributed by atoms with Gasteiger partial charge in [-0.2, -0.15) is 26.3 Å². The number of aryl methyl sites for hydroxylation is 1. The van der Waals surface area contributed by atoms with E-state index in [2.05, 4.69) is 0 Å². The smallest absolute Gasteiger partial charge is 0.396 e. The van der Waals surface area contributed by atoms with Gasteiger partial charge in [0, 0.05) is 50.9 Å². The molecule has 2 N–H and O–H groups in total. The van der Waals surface area contributed by atoms with Crippen molar-refractivity contribution in [2.75, 3.05) is 24.0 Å². The summed E-state index contributed by atoms with van der Waals surface area (Å²) in [6.07, 6.45) is -13.3. The highest BCUT2D eigenvalue weighted by atomic mass is 32.2. The van der Waals surface area contributed by atoms with E-state index in [9.17, 15) is 59.0 Å². The van der Waals surface area contributed by atoms with Crippen LogP contribution < -0.4 is 4.31 Å². The number of hydrogen-bond acceptors (Lipinski definition) is 6. The Morgan fingerprint density at radius 2 is 1.52 bits per heavy atom. The molecule has 0 unspecified atom stereocenters. The molecule has 1 saturated heterocycles. The van der Waals surface area contributed by atoms with E-state index in [1.54, 1.807) is 0 Å². The molecule has 0 bridgehead atoms. The molecular formula is C28H29F7N2O6S. The first-order chi connectivity index (χ1) is 20.3. The van der Waals surface area contributed by atoms with E-state index in [1.807, 2.05) is 0 Å². The highest BCUT2D eigenvalue weighted by Gasteiger charge is 2.71. The predicted octanol–water partition coefficient (Wildman–Crippen LogP) is 4.08. The van der Waals surface area contributed by atoms with E-state index in [-0.39, 0.29) is 56.1 Å². The van der Waals surface area contributed by atoms with Crippen LogP contribution in [0.1, 0.15) is 37.3 Å². The van der Waals surface area contributed by atoms with Gasteiger partial charge in [-0.25, -0.2) is 12.8 Å². The molecule has 2 aliphatic heterocycles. The Kier molecular flexibility index (Phi) is 9.12. The maximum absolute atomic E-state index is 13.8. The standard InChI is InChI=1S/C28H29F7N2O6S/c1-16(39)36-13-18(19(14-36)15-38)11-23(40)12-22-6-2-17-10-20(26(41,27(30,31)32)28(33,34)35)3-9-25(17)37(22)44(42,43)24-7-4-21(29)5-8-24/h3-5,7-10,18-19,22,38,41H,2,6,11-15H2,1H3/t18-,19+,22+/m1/s1. The van der Waals surface area contributed by atoms with Crippen molar-refractivity contribution in [3.05, 3.63) is 59.4 Å². The van der Waals surface area contributed by atoms with Crippen LogP contribution in [0.2, 0.25) is 0 Å². The number of fused-ring (bicyclic) bond motifs is 1. The van der Waals surface area contributed by atoms with E-state index in [0.29, 0.717) is 18.2 Å². The number of aliphatic hydroxyl groups excluding tert-OH is 1. The zero-order chi connectivity index (χ0) is 32.8. The third-order valence-corrected chi connectivity index (χ3v) is 10.1. The van der Waals surface area contributed by atoms with Crippen molar-refractivity contribution in [3.63, 3.8) is 0 Å². The molecule has 2 aliphatic rings. The summed E-state index contributed by atoms with van der Waals surface area (Å²) in [4.78, 5) is 26.1. The number of anilines is 1. The van der Waals surface area contributed by atoms with Crippen molar-refractivity contribution >= 4 is 27.4 Å². The number of sulfonamides is 1. The average Bonchev–Trinajstić information content (AvgIpc) is 3.34. The summed E-state index contributed by atoms with van der Waals surface area (Å²) in [5, 5.41) is 19.6. The van der Waals surface area contributed by atoms with Crippen molar-refractivity contribution in [1.29, 1.82) is 0 Å². The van der Waals surface area contributed by atoms with Gasteiger partial charge in [-0.15, -0.1) is 0 Å². The van der Waals surface area contributed by atoms with Gasteiger partial charge < -0.3 is 15.1 Å². The predicted molar refractivity (Wildman–Crippen MR) is 141 cm³/mol. The Balaban J connectivity index is 1.73. The van der Waals surface area contributed by atoms with Gasteiger partial charge >= 0.3 is 12.4 Å². The van der Waals surface area contributed by atoms with Gasteiger partial charge in [-0.05, 0) is 54.7 Å². The summed E-state index contributed by atoms with van der Waals surface area (Å²) in [5.41, 5.74) is -7.35. The lowest BCUT2D eigenvalue weighted by Crippen LogP contribution is -2.54. The number of rotatable bonds is 8. The van der Waals surface area contributed by atoms with Crippen LogP contribution in [0.5, 0.6) is 0 Å². The number of alkyl halides is 6. The fourth-order valence-electron chi connectivity index (χ4n) is 5.85. The fraction of sp³-hybridized carbons (Fsp3) is 0.500. The van der Waals surface area contributed by atoms with Gasteiger partial charge in [-0.3, -0.25) is 13.9 Å². The molecule has 16 heteroatoms. The maximum atomic E-state index is 13.8. The first-order valence-corrected chi connectivity index (χ1v) is 14.9. The van der Waals surface area contributed by atoms with Crippen LogP contribution in [-0.4, -0.2) is 73.3 Å². The van der Waals surface area contributed by atoms with Crippen LogP contribution in [0.25, 0.3) is 0 Å². The zero-order valence-corrected chi connectivity index (χ0v) is 24.0. The monoisotopic (exact) mass is 654 g/mol. The van der Waals surface area contributed by atoms with Crippen LogP contribution in [0.3, 0.4) is 0 Å². The summed E-state index contributed by atoms with van der Waals surface area (Å²) in [6.45, 7) is 1.47. The highest BCUT2D eigenvalue weighted by molar-refractivity contribution is 7.92. The number of Topliss-reactive ketones (excluding diaryl/α,β-unsaturated/α-hetero) is 1. The van der Waals surface area contributed by atoms with Crippen LogP contribution >= 0.6 is 0 Å². The molecule has 242 valence electrons. The van der Waals surface area contributed by atoms with Gasteiger partial charge in [0.2, 0.25) is 5.91 Å². The van der Waals surface area contributed by atoms with Gasteiger partial charge in [0.15, 0.2) is 0 Å². The molecule has 1 fully saturated rings. The minimum Gasteiger partial charge on any atom is -0.396 e. The largest absolute Gasteiger partial charge is 0.430 e. The Labute approximate surface area is 248 Å². The van der Waals surface area contributed by atoms with Gasteiger partial charge in [0.1, 0.15) is 11.6 Å². The van der Waals surface area contributed by atoms with E-state index in [1.165, 1.54) is 11.8 Å². The minimum atomic E-state index is -6.16. The Bertz CT molecular complexity index is 1500. The topological polar surface area (TPSA) is 115 Å². The molecule has 0 aromatic heterocycles. The van der Waals surface area contributed by atoms with Crippen molar-refractivity contribution < 1.29 is 59.0 Å². The molecule has 3 atom stereocenters. The quantitative estimate of drug-likeness (QED) is 0.415. The number of hydrogen-bond donors (Lipinski definition) is 2.